The SMILES string of the molecule is O=C(Nc1ccc(CC(=O)N2CCCCC2CO)cc1)OCc1ccc(Cl)cc1. The number of nitrogens with one attached hydrogen (secondary N) is 1. The number of rotatable bonds is 6. The number of nitrogens with zero attached hydrogens (tertiary/aromatic N) is 1. The van der Waals surface area contributed by atoms with Crippen molar-refractivity contribution in [1.29, 1.82) is 0 Å². The largest absolute Gasteiger partial charge is 0.444 e. The van der Waals surface area contributed by atoms with Gasteiger partial charge in [-0.2, -0.15) is 0 Å². The molecular formula is C22H25ClN2O4. The van der Waals surface area contributed by atoms with Crippen molar-refractivity contribution < 1.29 is 19.4 Å². The van der Waals surface area contributed by atoms with Gasteiger partial charge in [0.25, 0.3) is 0 Å². The summed E-state index contributed by atoms with van der Waals surface area (Å²) in [6, 6.07) is 14.1. The van der Waals surface area contributed by atoms with Gasteiger partial charge in [0.05, 0.1) is 19.1 Å². The Hall–Kier alpha value is -2.57. The summed E-state index contributed by atoms with van der Waals surface area (Å²) in [4.78, 5) is 26.3. The van der Waals surface area contributed by atoms with Crippen molar-refractivity contribution in [3.05, 3.63) is 64.7 Å². The van der Waals surface area contributed by atoms with Crippen LogP contribution in [0.3, 0.4) is 0 Å². The van der Waals surface area contributed by atoms with Crippen LogP contribution in [0.5, 0.6) is 0 Å². The molecule has 2 N–H and O–H groups in total. The van der Waals surface area contributed by atoms with Crippen molar-refractivity contribution in [1.82, 2.24) is 4.90 Å². The smallest absolute Gasteiger partial charge is 0.411 e. The average molecular weight is 417 g/mol. The Morgan fingerprint density at radius 2 is 1.76 bits per heavy atom. The third-order valence-corrected chi connectivity index (χ3v) is 5.25. The van der Waals surface area contributed by atoms with Crippen molar-refractivity contribution in [3.8, 4) is 0 Å². The molecule has 0 aromatic heterocycles. The molecule has 29 heavy (non-hydrogen) atoms. The van der Waals surface area contributed by atoms with E-state index in [-0.39, 0.29) is 31.6 Å². The molecule has 1 saturated heterocycles. The van der Waals surface area contributed by atoms with Crippen LogP contribution >= 0.6 is 11.6 Å². The van der Waals surface area contributed by atoms with Crippen LogP contribution in [0.25, 0.3) is 0 Å². The van der Waals surface area contributed by atoms with Gasteiger partial charge < -0.3 is 14.7 Å². The number of carbonyl (C=O) groups excluding carboxylic acids is 2. The first kappa shape index (κ1) is 21.1. The maximum Gasteiger partial charge on any atom is 0.411 e. The van der Waals surface area contributed by atoms with Crippen molar-refractivity contribution >= 4 is 29.3 Å². The minimum atomic E-state index is -0.553. The number of benzene rings is 2. The summed E-state index contributed by atoms with van der Waals surface area (Å²) >= 11 is 5.83. The lowest BCUT2D eigenvalue weighted by molar-refractivity contribution is -0.135. The van der Waals surface area contributed by atoms with Crippen LogP contribution in [-0.2, 0) is 22.6 Å². The Bertz CT molecular complexity index is 824. The number of ether oxygens (including phenoxy) is 1. The molecule has 1 fully saturated rings. The van der Waals surface area contributed by atoms with Crippen LogP contribution in [0.2, 0.25) is 5.02 Å². The Morgan fingerprint density at radius 1 is 1.07 bits per heavy atom. The van der Waals surface area contributed by atoms with Gasteiger partial charge in [0.2, 0.25) is 5.91 Å². The zero-order valence-corrected chi connectivity index (χ0v) is 16.9. The van der Waals surface area contributed by atoms with Gasteiger partial charge >= 0.3 is 6.09 Å². The lowest BCUT2D eigenvalue weighted by Crippen LogP contribution is -2.46. The first-order chi connectivity index (χ1) is 14.0. The van der Waals surface area contributed by atoms with Gasteiger partial charge in [-0.1, -0.05) is 35.9 Å². The summed E-state index contributed by atoms with van der Waals surface area (Å²) in [5.74, 6) is 0.0202. The number of carbonyl (C=O) groups is 2. The molecule has 1 unspecified atom stereocenters. The molecule has 2 amide bonds. The van der Waals surface area contributed by atoms with E-state index in [4.69, 9.17) is 16.3 Å². The van der Waals surface area contributed by atoms with Gasteiger partial charge in [0, 0.05) is 17.3 Å². The van der Waals surface area contributed by atoms with Crippen LogP contribution in [0.4, 0.5) is 10.5 Å². The topological polar surface area (TPSA) is 78.9 Å². The summed E-state index contributed by atoms with van der Waals surface area (Å²) in [6.45, 7) is 0.854. The number of piperidine rings is 1. The average Bonchev–Trinajstić information content (AvgIpc) is 2.74. The zero-order valence-electron chi connectivity index (χ0n) is 16.1. The molecule has 1 aliphatic rings. The summed E-state index contributed by atoms with van der Waals surface area (Å²) in [7, 11) is 0. The van der Waals surface area contributed by atoms with E-state index in [1.165, 1.54) is 0 Å². The number of hydrogen-bond donors (Lipinski definition) is 2. The highest BCUT2D eigenvalue weighted by Gasteiger charge is 2.25. The Kier molecular flexibility index (Phi) is 7.49. The van der Waals surface area contributed by atoms with Crippen LogP contribution < -0.4 is 5.32 Å². The molecule has 1 heterocycles. The number of amides is 2. The predicted octanol–water partition coefficient (Wildman–Crippen LogP) is 4.00. The highest BCUT2D eigenvalue weighted by Crippen LogP contribution is 2.19. The fraction of sp³-hybridized carbons (Fsp3) is 0.364. The van der Waals surface area contributed by atoms with Crippen molar-refractivity contribution in [2.75, 3.05) is 18.5 Å². The van der Waals surface area contributed by atoms with E-state index in [0.717, 1.165) is 30.4 Å². The number of likely N-dealkylation sites (tertiary alicyclic amines) is 1. The molecule has 2 aromatic carbocycles. The van der Waals surface area contributed by atoms with E-state index < -0.39 is 6.09 Å². The molecule has 0 saturated carbocycles. The van der Waals surface area contributed by atoms with E-state index in [2.05, 4.69) is 5.32 Å². The lowest BCUT2D eigenvalue weighted by atomic mass is 10.0. The number of aliphatic hydroxyl groups excluding tert-OH is 1. The molecule has 6 nitrogen and oxygen atoms in total. The number of halogens is 1. The third-order valence-electron chi connectivity index (χ3n) is 5.00. The maximum absolute atomic E-state index is 12.6. The second-order valence-electron chi connectivity index (χ2n) is 7.12. The highest BCUT2D eigenvalue weighted by atomic mass is 35.5. The summed E-state index contributed by atoms with van der Waals surface area (Å²) in [6.07, 6.45) is 2.59. The van der Waals surface area contributed by atoms with E-state index >= 15 is 0 Å². The number of anilines is 1. The third kappa shape index (κ3) is 6.21. The molecular weight excluding hydrogens is 392 g/mol. The second-order valence-corrected chi connectivity index (χ2v) is 7.56. The van der Waals surface area contributed by atoms with Crippen molar-refractivity contribution in [3.63, 3.8) is 0 Å². The lowest BCUT2D eigenvalue weighted by Gasteiger charge is -2.34. The van der Waals surface area contributed by atoms with Crippen LogP contribution in [0.1, 0.15) is 30.4 Å². The number of aliphatic hydroxyl groups is 1. The van der Waals surface area contributed by atoms with E-state index in [0.29, 0.717) is 17.3 Å². The molecule has 2 aromatic rings. The van der Waals surface area contributed by atoms with Gasteiger partial charge in [0.15, 0.2) is 0 Å². The van der Waals surface area contributed by atoms with E-state index in [1.54, 1.807) is 41.3 Å². The highest BCUT2D eigenvalue weighted by molar-refractivity contribution is 6.30. The first-order valence-electron chi connectivity index (χ1n) is 9.72. The quantitative estimate of drug-likeness (QED) is 0.745. The summed E-state index contributed by atoms with van der Waals surface area (Å²) in [5.41, 5.74) is 2.29. The van der Waals surface area contributed by atoms with Gasteiger partial charge in [-0.25, -0.2) is 4.79 Å². The van der Waals surface area contributed by atoms with Crippen LogP contribution in [0.15, 0.2) is 48.5 Å². The van der Waals surface area contributed by atoms with Gasteiger partial charge in [-0.3, -0.25) is 10.1 Å². The number of hydrogen-bond acceptors (Lipinski definition) is 4. The molecule has 0 aliphatic carbocycles. The van der Waals surface area contributed by atoms with Crippen LogP contribution in [-0.4, -0.2) is 41.2 Å². The van der Waals surface area contributed by atoms with E-state index in [1.807, 2.05) is 12.1 Å². The molecule has 0 spiro atoms. The Balaban J connectivity index is 1.48. The molecule has 0 radical (unpaired) electrons. The minimum Gasteiger partial charge on any atom is -0.444 e. The Labute approximate surface area is 175 Å². The second kappa shape index (κ2) is 10.3. The van der Waals surface area contributed by atoms with E-state index in [9.17, 15) is 14.7 Å². The predicted molar refractivity (Wildman–Crippen MR) is 112 cm³/mol. The monoisotopic (exact) mass is 416 g/mol. The molecule has 3 rings (SSSR count). The fourth-order valence-corrected chi connectivity index (χ4v) is 3.51. The standard InChI is InChI=1S/C22H25ClN2O4/c23-18-8-4-17(5-9-18)15-29-22(28)24-19-10-6-16(7-11-19)13-21(27)25-12-2-1-3-20(25)14-26/h4-11,20,26H,1-3,12-15H2,(H,24,28). The minimum absolute atomic E-state index is 0.00668. The maximum atomic E-state index is 12.6. The molecule has 0 bridgehead atoms. The van der Waals surface area contributed by atoms with Crippen LogP contribution in [0, 0.1) is 0 Å². The Morgan fingerprint density at radius 3 is 2.45 bits per heavy atom. The summed E-state index contributed by atoms with van der Waals surface area (Å²) in [5, 5.41) is 12.8. The zero-order chi connectivity index (χ0) is 20.6. The molecule has 1 atom stereocenters. The van der Waals surface area contributed by atoms with Crippen molar-refractivity contribution in [2.24, 2.45) is 0 Å². The van der Waals surface area contributed by atoms with Crippen molar-refractivity contribution in [2.45, 2.75) is 38.3 Å². The van der Waals surface area contributed by atoms with Gasteiger partial charge in [-0.05, 0) is 54.7 Å². The first-order valence-corrected chi connectivity index (χ1v) is 10.1. The van der Waals surface area contributed by atoms with Gasteiger partial charge in [0.1, 0.15) is 6.61 Å². The molecule has 7 heteroatoms. The van der Waals surface area contributed by atoms with Gasteiger partial charge in [-0.15, -0.1) is 0 Å². The summed E-state index contributed by atoms with van der Waals surface area (Å²) < 4.78 is 5.19. The molecule has 1 aliphatic heterocycles. The normalized spacial score (nSPS) is 16.3. The molecule has 154 valence electrons. The fourth-order valence-electron chi connectivity index (χ4n) is 3.38.